The fourth-order valence-electron chi connectivity index (χ4n) is 4.56. The number of amides is 2. The van der Waals surface area contributed by atoms with Gasteiger partial charge in [-0.1, -0.05) is 61.9 Å². The van der Waals surface area contributed by atoms with Gasteiger partial charge < -0.3 is 14.5 Å². The third-order valence-corrected chi connectivity index (χ3v) is 7.51. The third-order valence-electron chi connectivity index (χ3n) is 6.60. The number of thioether (sulfide) groups is 1. The fourth-order valence-corrected chi connectivity index (χ4v) is 5.42. The molecule has 0 bridgehead atoms. The minimum absolute atomic E-state index is 0.0180. The van der Waals surface area contributed by atoms with Crippen molar-refractivity contribution >= 4 is 23.6 Å². The van der Waals surface area contributed by atoms with Gasteiger partial charge >= 0.3 is 0 Å². The van der Waals surface area contributed by atoms with E-state index in [1.807, 2.05) is 75.9 Å². The van der Waals surface area contributed by atoms with Crippen LogP contribution in [0.5, 0.6) is 5.75 Å². The summed E-state index contributed by atoms with van der Waals surface area (Å²) >= 11 is 1.38. The highest BCUT2D eigenvalue weighted by Gasteiger charge is 2.29. The molecule has 1 fully saturated rings. The molecule has 196 valence electrons. The number of carbonyl (C=O) groups excluding carboxylic acids is 2. The molecule has 0 N–H and O–H groups in total. The van der Waals surface area contributed by atoms with E-state index in [1.54, 1.807) is 7.11 Å². The first-order chi connectivity index (χ1) is 18.0. The monoisotopic (exact) mass is 521 g/mol. The normalized spacial score (nSPS) is 15.6. The van der Waals surface area contributed by atoms with Crippen LogP contribution in [0.2, 0.25) is 0 Å². The number of aromatic nitrogens is 3. The maximum atomic E-state index is 13.1. The first-order valence-electron chi connectivity index (χ1n) is 12.9. The lowest BCUT2D eigenvalue weighted by atomic mass is 10.1. The molecule has 9 heteroatoms. The van der Waals surface area contributed by atoms with E-state index in [0.29, 0.717) is 37.0 Å². The summed E-state index contributed by atoms with van der Waals surface area (Å²) in [6.07, 6.45) is 3.69. The van der Waals surface area contributed by atoms with Crippen molar-refractivity contribution in [2.24, 2.45) is 0 Å². The molecule has 1 aromatic heterocycles. The number of hydrogen-bond donors (Lipinski definition) is 0. The van der Waals surface area contributed by atoms with Crippen molar-refractivity contribution < 1.29 is 14.3 Å². The smallest absolute Gasteiger partial charge is 0.233 e. The van der Waals surface area contributed by atoms with E-state index >= 15 is 0 Å². The van der Waals surface area contributed by atoms with Gasteiger partial charge in [-0.15, -0.1) is 10.2 Å². The van der Waals surface area contributed by atoms with E-state index in [9.17, 15) is 9.59 Å². The average Bonchev–Trinajstić information content (AvgIpc) is 3.36. The average molecular weight is 522 g/mol. The van der Waals surface area contributed by atoms with Gasteiger partial charge in [0.05, 0.1) is 12.9 Å². The molecule has 2 amide bonds. The van der Waals surface area contributed by atoms with Crippen LogP contribution in [0.15, 0.2) is 59.8 Å². The Balaban J connectivity index is 1.45. The topological polar surface area (TPSA) is 80.6 Å². The number of hydrogen-bond acceptors (Lipinski definition) is 6. The van der Waals surface area contributed by atoms with E-state index in [0.717, 1.165) is 36.3 Å². The molecule has 2 aromatic carbocycles. The maximum absolute atomic E-state index is 13.1. The zero-order valence-electron chi connectivity index (χ0n) is 21.8. The Morgan fingerprint density at radius 1 is 1.03 bits per heavy atom. The second kappa shape index (κ2) is 12.8. The Bertz CT molecular complexity index is 1200. The van der Waals surface area contributed by atoms with Gasteiger partial charge in [0.2, 0.25) is 11.8 Å². The summed E-state index contributed by atoms with van der Waals surface area (Å²) in [7, 11) is 1.64. The summed E-state index contributed by atoms with van der Waals surface area (Å²) in [6, 6.07) is 17.6. The van der Waals surface area contributed by atoms with Crippen LogP contribution in [0.25, 0.3) is 17.1 Å². The number of piperazine rings is 1. The Morgan fingerprint density at radius 3 is 2.57 bits per heavy atom. The highest BCUT2D eigenvalue weighted by atomic mass is 32.2. The predicted molar refractivity (Wildman–Crippen MR) is 146 cm³/mol. The van der Waals surface area contributed by atoms with Crippen LogP contribution in [-0.4, -0.2) is 74.9 Å². The number of ether oxygens (including phenoxy) is 1. The molecule has 0 saturated carbocycles. The molecule has 0 aliphatic carbocycles. The quantitative estimate of drug-likeness (QED) is 0.285. The lowest BCUT2D eigenvalue weighted by Gasteiger charge is -2.40. The molecule has 4 rings (SSSR count). The Hall–Kier alpha value is -3.33. The second-order valence-corrected chi connectivity index (χ2v) is 10.2. The summed E-state index contributed by atoms with van der Waals surface area (Å²) < 4.78 is 7.37. The molecule has 37 heavy (non-hydrogen) atoms. The number of methoxy groups -OCH3 is 1. The van der Waals surface area contributed by atoms with Crippen LogP contribution in [0.1, 0.15) is 39.5 Å². The maximum Gasteiger partial charge on any atom is 0.233 e. The number of unbranched alkanes of at least 4 members (excludes halogenated alkanes) is 2. The first kappa shape index (κ1) is 26.7. The van der Waals surface area contributed by atoms with Crippen molar-refractivity contribution in [1.82, 2.24) is 24.6 Å². The second-order valence-electron chi connectivity index (χ2n) is 9.23. The molecular formula is C28H35N5O3S. The minimum Gasteiger partial charge on any atom is -0.497 e. The SMILES string of the molecule is CCCCCC(=O)N1CCN(C(=O)CSc2nnc(-c3cccc(OC)c3)n2-c2ccccc2)CC1C. The van der Waals surface area contributed by atoms with Crippen molar-refractivity contribution in [3.05, 3.63) is 54.6 Å². The standard InChI is InChI=1S/C28H35N5O3S/c1-4-5-7-15-25(34)32-17-16-31(19-21(32)2)26(35)20-37-28-30-29-27(22-11-10-14-24(18-22)36-3)33(28)23-12-8-6-9-13-23/h6,8-14,18,21H,4-5,7,15-17,19-20H2,1-3H3. The predicted octanol–water partition coefficient (Wildman–Crippen LogP) is 4.67. The number of benzene rings is 2. The zero-order chi connectivity index (χ0) is 26.2. The molecule has 2 heterocycles. The molecule has 1 aliphatic heterocycles. The van der Waals surface area contributed by atoms with Crippen LogP contribution in [-0.2, 0) is 9.59 Å². The molecule has 1 atom stereocenters. The van der Waals surface area contributed by atoms with Crippen molar-refractivity contribution in [1.29, 1.82) is 0 Å². The van der Waals surface area contributed by atoms with Crippen molar-refractivity contribution in [3.8, 4) is 22.8 Å². The molecule has 3 aromatic rings. The van der Waals surface area contributed by atoms with Gasteiger partial charge in [-0.05, 0) is 37.6 Å². The van der Waals surface area contributed by atoms with E-state index in [-0.39, 0.29) is 23.6 Å². The summed E-state index contributed by atoms with van der Waals surface area (Å²) in [5.41, 5.74) is 1.80. The number of rotatable bonds is 10. The van der Waals surface area contributed by atoms with Gasteiger partial charge in [0.1, 0.15) is 5.75 Å². The van der Waals surface area contributed by atoms with Crippen LogP contribution in [0.3, 0.4) is 0 Å². The van der Waals surface area contributed by atoms with E-state index in [1.165, 1.54) is 11.8 Å². The first-order valence-corrected chi connectivity index (χ1v) is 13.9. The molecule has 1 aliphatic rings. The van der Waals surface area contributed by atoms with Gasteiger partial charge in [0.25, 0.3) is 0 Å². The van der Waals surface area contributed by atoms with Crippen molar-refractivity contribution in [2.45, 2.75) is 50.7 Å². The van der Waals surface area contributed by atoms with Crippen LogP contribution in [0.4, 0.5) is 0 Å². The molecule has 0 radical (unpaired) electrons. The molecule has 1 unspecified atom stereocenters. The Labute approximate surface area is 223 Å². The molecular weight excluding hydrogens is 486 g/mol. The largest absolute Gasteiger partial charge is 0.497 e. The van der Waals surface area contributed by atoms with Gasteiger partial charge in [-0.2, -0.15) is 0 Å². The van der Waals surface area contributed by atoms with Gasteiger partial charge in [0, 0.05) is 43.3 Å². The summed E-state index contributed by atoms with van der Waals surface area (Å²) in [5.74, 6) is 1.91. The highest BCUT2D eigenvalue weighted by Crippen LogP contribution is 2.30. The van der Waals surface area contributed by atoms with Crippen molar-refractivity contribution in [3.63, 3.8) is 0 Å². The van der Waals surface area contributed by atoms with E-state index < -0.39 is 0 Å². The summed E-state index contributed by atoms with van der Waals surface area (Å²) in [5, 5.41) is 9.56. The Kier molecular flexibility index (Phi) is 9.22. The van der Waals surface area contributed by atoms with Crippen LogP contribution < -0.4 is 4.74 Å². The van der Waals surface area contributed by atoms with Gasteiger partial charge in [-0.25, -0.2) is 0 Å². The molecule has 8 nitrogen and oxygen atoms in total. The molecule has 0 spiro atoms. The fraction of sp³-hybridized carbons (Fsp3) is 0.429. The number of para-hydroxylation sites is 1. The number of carbonyl (C=O) groups is 2. The van der Waals surface area contributed by atoms with Crippen LogP contribution >= 0.6 is 11.8 Å². The minimum atomic E-state index is 0.0180. The number of nitrogens with zero attached hydrogens (tertiary/aromatic N) is 5. The van der Waals surface area contributed by atoms with E-state index in [2.05, 4.69) is 17.1 Å². The van der Waals surface area contributed by atoms with Crippen LogP contribution in [0, 0.1) is 0 Å². The van der Waals surface area contributed by atoms with Crippen molar-refractivity contribution in [2.75, 3.05) is 32.5 Å². The zero-order valence-corrected chi connectivity index (χ0v) is 22.6. The third kappa shape index (κ3) is 6.52. The van der Waals surface area contributed by atoms with Gasteiger partial charge in [0.15, 0.2) is 11.0 Å². The molecule has 1 saturated heterocycles. The lowest BCUT2D eigenvalue weighted by Crippen LogP contribution is -2.55. The highest BCUT2D eigenvalue weighted by molar-refractivity contribution is 7.99. The lowest BCUT2D eigenvalue weighted by molar-refractivity contribution is -0.141. The van der Waals surface area contributed by atoms with E-state index in [4.69, 9.17) is 4.74 Å². The summed E-state index contributed by atoms with van der Waals surface area (Å²) in [6.45, 7) is 5.86. The summed E-state index contributed by atoms with van der Waals surface area (Å²) in [4.78, 5) is 29.5. The Morgan fingerprint density at radius 2 is 1.84 bits per heavy atom. The van der Waals surface area contributed by atoms with Gasteiger partial charge in [-0.3, -0.25) is 14.2 Å².